The smallest absolute Gasteiger partial charge is 0.180 e. The minimum atomic E-state index is -0.417. The number of nitrogens with two attached hydrogens (primary N) is 1. The van der Waals surface area contributed by atoms with E-state index in [1.165, 1.54) is 7.11 Å². The topological polar surface area (TPSA) is 35.2 Å². The molecule has 3 heteroatoms. The first-order valence-corrected chi connectivity index (χ1v) is 4.31. The van der Waals surface area contributed by atoms with E-state index in [1.807, 2.05) is 0 Å². The van der Waals surface area contributed by atoms with Crippen LogP contribution in [0.2, 0.25) is 0 Å². The molecule has 14 heavy (non-hydrogen) atoms. The SMILES string of the molecule is COc1cccc(C#CCCN)c1F. The lowest BCUT2D eigenvalue weighted by Crippen LogP contribution is -1.96. The van der Waals surface area contributed by atoms with E-state index in [-0.39, 0.29) is 5.75 Å². The zero-order chi connectivity index (χ0) is 10.4. The number of benzene rings is 1. The van der Waals surface area contributed by atoms with Crippen LogP contribution in [0.4, 0.5) is 4.39 Å². The van der Waals surface area contributed by atoms with Crippen molar-refractivity contribution in [1.82, 2.24) is 0 Å². The molecule has 0 amide bonds. The third-order valence-electron chi connectivity index (χ3n) is 1.68. The van der Waals surface area contributed by atoms with E-state index in [2.05, 4.69) is 11.8 Å². The zero-order valence-electron chi connectivity index (χ0n) is 8.01. The van der Waals surface area contributed by atoms with Crippen molar-refractivity contribution in [2.75, 3.05) is 13.7 Å². The van der Waals surface area contributed by atoms with Crippen LogP contribution in [-0.2, 0) is 0 Å². The maximum absolute atomic E-state index is 13.4. The highest BCUT2D eigenvalue weighted by Crippen LogP contribution is 2.18. The molecule has 0 fully saturated rings. The number of halogens is 1. The van der Waals surface area contributed by atoms with Gasteiger partial charge in [0.25, 0.3) is 0 Å². The quantitative estimate of drug-likeness (QED) is 0.723. The molecular formula is C11H12FNO. The first-order chi connectivity index (χ1) is 6.79. The van der Waals surface area contributed by atoms with Crippen molar-refractivity contribution in [3.63, 3.8) is 0 Å². The minimum absolute atomic E-state index is 0.213. The lowest BCUT2D eigenvalue weighted by atomic mass is 10.2. The standard InChI is InChI=1S/C11H12FNO/c1-14-10-7-4-6-9(11(10)12)5-2-3-8-13/h4,6-7H,3,8,13H2,1H3. The molecule has 0 bridgehead atoms. The van der Waals surface area contributed by atoms with E-state index in [4.69, 9.17) is 10.5 Å². The summed E-state index contributed by atoms with van der Waals surface area (Å²) in [6.07, 6.45) is 0.566. The molecule has 2 N–H and O–H groups in total. The lowest BCUT2D eigenvalue weighted by Gasteiger charge is -2.01. The number of hydrogen-bond donors (Lipinski definition) is 1. The van der Waals surface area contributed by atoms with Gasteiger partial charge in [-0.05, 0) is 12.1 Å². The Hall–Kier alpha value is -1.53. The van der Waals surface area contributed by atoms with Crippen LogP contribution in [0.1, 0.15) is 12.0 Å². The zero-order valence-corrected chi connectivity index (χ0v) is 8.01. The summed E-state index contributed by atoms with van der Waals surface area (Å²) in [5.74, 6) is 5.27. The van der Waals surface area contributed by atoms with E-state index in [1.54, 1.807) is 18.2 Å². The van der Waals surface area contributed by atoms with Crippen LogP contribution >= 0.6 is 0 Å². The fourth-order valence-electron chi connectivity index (χ4n) is 0.995. The van der Waals surface area contributed by atoms with Crippen LogP contribution in [0.15, 0.2) is 18.2 Å². The second-order valence-corrected chi connectivity index (χ2v) is 2.66. The monoisotopic (exact) mass is 193 g/mol. The Morgan fingerprint density at radius 2 is 2.29 bits per heavy atom. The van der Waals surface area contributed by atoms with Crippen LogP contribution in [0.5, 0.6) is 5.75 Å². The Morgan fingerprint density at radius 1 is 1.50 bits per heavy atom. The largest absolute Gasteiger partial charge is 0.494 e. The van der Waals surface area contributed by atoms with Crippen LogP contribution in [-0.4, -0.2) is 13.7 Å². The summed E-state index contributed by atoms with van der Waals surface area (Å²) >= 11 is 0. The molecule has 0 aliphatic rings. The molecule has 1 rings (SSSR count). The molecule has 2 nitrogen and oxygen atoms in total. The highest BCUT2D eigenvalue weighted by molar-refractivity contribution is 5.41. The van der Waals surface area contributed by atoms with Crippen molar-refractivity contribution in [3.8, 4) is 17.6 Å². The van der Waals surface area contributed by atoms with Crippen molar-refractivity contribution in [1.29, 1.82) is 0 Å². The molecular weight excluding hydrogens is 181 g/mol. The van der Waals surface area contributed by atoms with Gasteiger partial charge < -0.3 is 10.5 Å². The average molecular weight is 193 g/mol. The van der Waals surface area contributed by atoms with Gasteiger partial charge in [-0.15, -0.1) is 0 Å². The maximum atomic E-state index is 13.4. The second kappa shape index (κ2) is 5.25. The summed E-state index contributed by atoms with van der Waals surface area (Å²) in [5, 5.41) is 0. The molecule has 0 saturated carbocycles. The molecule has 0 aliphatic heterocycles. The van der Waals surface area contributed by atoms with Gasteiger partial charge in [-0.2, -0.15) is 0 Å². The van der Waals surface area contributed by atoms with Gasteiger partial charge in [-0.1, -0.05) is 17.9 Å². The van der Waals surface area contributed by atoms with Crippen molar-refractivity contribution in [2.24, 2.45) is 5.73 Å². The Morgan fingerprint density at radius 3 is 2.93 bits per heavy atom. The molecule has 0 spiro atoms. The van der Waals surface area contributed by atoms with Crippen LogP contribution in [0, 0.1) is 17.7 Å². The van der Waals surface area contributed by atoms with Gasteiger partial charge in [0.05, 0.1) is 12.7 Å². The molecule has 0 heterocycles. The number of ether oxygens (including phenoxy) is 1. The summed E-state index contributed by atoms with van der Waals surface area (Å²) in [4.78, 5) is 0. The van der Waals surface area contributed by atoms with Gasteiger partial charge in [0.15, 0.2) is 11.6 Å². The van der Waals surface area contributed by atoms with Crippen molar-refractivity contribution >= 4 is 0 Å². The van der Waals surface area contributed by atoms with Crippen molar-refractivity contribution in [2.45, 2.75) is 6.42 Å². The molecule has 1 aromatic carbocycles. The van der Waals surface area contributed by atoms with E-state index in [0.29, 0.717) is 18.5 Å². The van der Waals surface area contributed by atoms with Gasteiger partial charge >= 0.3 is 0 Å². The minimum Gasteiger partial charge on any atom is -0.494 e. The molecule has 0 saturated heterocycles. The van der Waals surface area contributed by atoms with E-state index < -0.39 is 5.82 Å². The molecule has 0 atom stereocenters. The molecule has 0 aliphatic carbocycles. The van der Waals surface area contributed by atoms with Gasteiger partial charge in [0.1, 0.15) is 0 Å². The van der Waals surface area contributed by atoms with Crippen LogP contribution in [0.25, 0.3) is 0 Å². The summed E-state index contributed by atoms with van der Waals surface area (Å²) in [7, 11) is 1.43. The first-order valence-electron chi connectivity index (χ1n) is 4.31. The van der Waals surface area contributed by atoms with E-state index >= 15 is 0 Å². The highest BCUT2D eigenvalue weighted by Gasteiger charge is 2.04. The predicted molar refractivity (Wildman–Crippen MR) is 53.5 cm³/mol. The Bertz CT molecular complexity index is 365. The third-order valence-corrected chi connectivity index (χ3v) is 1.68. The van der Waals surface area contributed by atoms with E-state index in [0.717, 1.165) is 0 Å². The Labute approximate surface area is 82.9 Å². The summed E-state index contributed by atoms with van der Waals surface area (Å²) in [6.45, 7) is 0.485. The molecule has 1 aromatic rings. The lowest BCUT2D eigenvalue weighted by molar-refractivity contribution is 0.386. The summed E-state index contributed by atoms with van der Waals surface area (Å²) < 4.78 is 18.3. The fourth-order valence-corrected chi connectivity index (χ4v) is 0.995. The van der Waals surface area contributed by atoms with Gasteiger partial charge in [-0.3, -0.25) is 0 Å². The van der Waals surface area contributed by atoms with Gasteiger partial charge in [0.2, 0.25) is 0 Å². The number of rotatable bonds is 2. The van der Waals surface area contributed by atoms with E-state index in [9.17, 15) is 4.39 Å². The molecule has 0 radical (unpaired) electrons. The van der Waals surface area contributed by atoms with Crippen LogP contribution < -0.4 is 10.5 Å². The second-order valence-electron chi connectivity index (χ2n) is 2.66. The average Bonchev–Trinajstić information content (AvgIpc) is 2.21. The highest BCUT2D eigenvalue weighted by atomic mass is 19.1. The number of hydrogen-bond acceptors (Lipinski definition) is 2. The summed E-state index contributed by atoms with van der Waals surface area (Å²) in [5.41, 5.74) is 5.61. The Balaban J connectivity index is 2.94. The number of methoxy groups -OCH3 is 1. The predicted octanol–water partition coefficient (Wildman–Crippen LogP) is 1.53. The third kappa shape index (κ3) is 2.48. The Kier molecular flexibility index (Phi) is 3.96. The first kappa shape index (κ1) is 10.6. The fraction of sp³-hybridized carbons (Fsp3) is 0.273. The van der Waals surface area contributed by atoms with Gasteiger partial charge in [0, 0.05) is 13.0 Å². The van der Waals surface area contributed by atoms with Crippen LogP contribution in [0.3, 0.4) is 0 Å². The molecule has 0 aromatic heterocycles. The maximum Gasteiger partial charge on any atom is 0.180 e. The molecule has 0 unspecified atom stereocenters. The molecule has 74 valence electrons. The van der Waals surface area contributed by atoms with Crippen molar-refractivity contribution < 1.29 is 9.13 Å². The van der Waals surface area contributed by atoms with Gasteiger partial charge in [-0.25, -0.2) is 4.39 Å². The normalized spacial score (nSPS) is 9.07. The summed E-state index contributed by atoms with van der Waals surface area (Å²) in [6, 6.07) is 4.87. The van der Waals surface area contributed by atoms with Crippen molar-refractivity contribution in [3.05, 3.63) is 29.6 Å².